The van der Waals surface area contributed by atoms with Crippen LogP contribution in [0.5, 0.6) is 0 Å². The average molecular weight is 236 g/mol. The lowest BCUT2D eigenvalue weighted by molar-refractivity contribution is -0.160. The minimum Gasteiger partial charge on any atom is -0.438 e. The van der Waals surface area contributed by atoms with E-state index < -0.39 is 30.8 Å². The minimum absolute atomic E-state index is 0.117. The third-order valence-corrected chi connectivity index (χ3v) is 2.33. The Morgan fingerprint density at radius 1 is 1.31 bits per heavy atom. The van der Waals surface area contributed by atoms with Crippen LogP contribution in [0.4, 0.5) is 4.79 Å². The van der Waals surface area contributed by atoms with Gasteiger partial charge in [0.2, 0.25) is 0 Å². The van der Waals surface area contributed by atoms with Gasteiger partial charge in [0.15, 0.2) is 6.29 Å². The van der Waals surface area contributed by atoms with E-state index in [-0.39, 0.29) is 6.61 Å². The van der Waals surface area contributed by atoms with Gasteiger partial charge in [0.1, 0.15) is 24.9 Å². The monoisotopic (exact) mass is 236 g/mol. The lowest BCUT2D eigenvalue weighted by Gasteiger charge is -2.16. The Balaban J connectivity index is 2.47. The summed E-state index contributed by atoms with van der Waals surface area (Å²) in [6, 6.07) is 0. The summed E-state index contributed by atoms with van der Waals surface area (Å²) in [5, 5.41) is 9.77. The molecule has 0 aliphatic carbocycles. The van der Waals surface area contributed by atoms with E-state index in [2.05, 4.69) is 9.47 Å². The first-order valence-corrected chi connectivity index (χ1v) is 4.74. The third-order valence-electron chi connectivity index (χ3n) is 2.33. The van der Waals surface area contributed by atoms with Crippen molar-refractivity contribution in [1.29, 1.82) is 0 Å². The molecular formula is C9H16O7. The number of carbonyl (C=O) groups excluding carboxylic acids is 1. The zero-order valence-electron chi connectivity index (χ0n) is 9.41. The molecule has 1 aliphatic heterocycles. The molecule has 7 nitrogen and oxygen atoms in total. The fourth-order valence-corrected chi connectivity index (χ4v) is 1.49. The number of hydrogen-bond donors (Lipinski definition) is 1. The maximum atomic E-state index is 10.7. The van der Waals surface area contributed by atoms with Crippen molar-refractivity contribution in [3.63, 3.8) is 0 Å². The lowest BCUT2D eigenvalue weighted by Crippen LogP contribution is -2.36. The number of ether oxygens (including phenoxy) is 5. The molecule has 0 bridgehead atoms. The van der Waals surface area contributed by atoms with Crippen LogP contribution >= 0.6 is 0 Å². The van der Waals surface area contributed by atoms with E-state index >= 15 is 0 Å². The topological polar surface area (TPSA) is 83.5 Å². The van der Waals surface area contributed by atoms with Crippen molar-refractivity contribution >= 4 is 6.16 Å². The van der Waals surface area contributed by atoms with E-state index in [1.54, 1.807) is 0 Å². The van der Waals surface area contributed by atoms with Gasteiger partial charge in [0.05, 0.1) is 7.11 Å². The summed E-state index contributed by atoms with van der Waals surface area (Å²) in [6.07, 6.45) is -3.71. The van der Waals surface area contributed by atoms with E-state index in [4.69, 9.17) is 14.2 Å². The summed E-state index contributed by atoms with van der Waals surface area (Å²) in [4.78, 5) is 10.7. The molecule has 16 heavy (non-hydrogen) atoms. The van der Waals surface area contributed by atoms with Crippen LogP contribution in [0.2, 0.25) is 0 Å². The van der Waals surface area contributed by atoms with Gasteiger partial charge in [0, 0.05) is 14.2 Å². The van der Waals surface area contributed by atoms with Crippen molar-refractivity contribution in [2.45, 2.75) is 24.6 Å². The highest BCUT2D eigenvalue weighted by Crippen LogP contribution is 2.24. The van der Waals surface area contributed by atoms with Crippen molar-refractivity contribution in [3.05, 3.63) is 0 Å². The Morgan fingerprint density at radius 3 is 2.44 bits per heavy atom. The van der Waals surface area contributed by atoms with Gasteiger partial charge in [-0.1, -0.05) is 0 Å². The Hall–Kier alpha value is -0.890. The van der Waals surface area contributed by atoms with Gasteiger partial charge in [0.25, 0.3) is 0 Å². The van der Waals surface area contributed by atoms with Gasteiger partial charge in [-0.05, 0) is 0 Å². The van der Waals surface area contributed by atoms with Crippen molar-refractivity contribution in [1.82, 2.24) is 0 Å². The normalized spacial score (nSPS) is 33.8. The molecule has 0 spiro atoms. The molecule has 0 aromatic heterocycles. The number of methoxy groups -OCH3 is 3. The molecule has 0 radical (unpaired) electrons. The molecule has 4 atom stereocenters. The van der Waals surface area contributed by atoms with Gasteiger partial charge in [-0.2, -0.15) is 0 Å². The molecule has 1 saturated heterocycles. The van der Waals surface area contributed by atoms with E-state index in [9.17, 15) is 9.90 Å². The highest BCUT2D eigenvalue weighted by atomic mass is 16.7. The Kier molecular flexibility index (Phi) is 4.94. The zero-order valence-corrected chi connectivity index (χ0v) is 9.41. The van der Waals surface area contributed by atoms with E-state index in [1.807, 2.05) is 0 Å². The van der Waals surface area contributed by atoms with Crippen LogP contribution in [0, 0.1) is 0 Å². The van der Waals surface area contributed by atoms with Gasteiger partial charge < -0.3 is 28.8 Å². The average Bonchev–Trinajstić information content (AvgIpc) is 2.62. The Labute approximate surface area is 93.2 Å². The molecule has 1 fully saturated rings. The molecule has 7 heteroatoms. The van der Waals surface area contributed by atoms with Gasteiger partial charge in [-0.25, -0.2) is 4.79 Å². The zero-order chi connectivity index (χ0) is 12.1. The molecular weight excluding hydrogens is 220 g/mol. The molecule has 1 rings (SSSR count). The summed E-state index contributed by atoms with van der Waals surface area (Å²) >= 11 is 0. The summed E-state index contributed by atoms with van der Waals surface area (Å²) in [6.45, 7) is -0.117. The summed E-state index contributed by atoms with van der Waals surface area (Å²) < 4.78 is 24.2. The molecule has 94 valence electrons. The molecule has 1 heterocycles. The second-order valence-corrected chi connectivity index (χ2v) is 3.23. The van der Waals surface area contributed by atoms with E-state index in [0.29, 0.717) is 0 Å². The van der Waals surface area contributed by atoms with Crippen molar-refractivity contribution in [3.8, 4) is 0 Å². The van der Waals surface area contributed by atoms with Crippen LogP contribution in [-0.2, 0) is 23.7 Å². The van der Waals surface area contributed by atoms with Crippen molar-refractivity contribution in [2.75, 3.05) is 27.9 Å². The van der Waals surface area contributed by atoms with Crippen LogP contribution in [-0.4, -0.2) is 63.8 Å². The highest BCUT2D eigenvalue weighted by molar-refractivity contribution is 5.59. The first-order valence-electron chi connectivity index (χ1n) is 4.74. The SMILES string of the molecule is COC(=O)OC[C@H]1O[C@@H](OC)C(OC)C1O. The summed E-state index contributed by atoms with van der Waals surface area (Å²) in [5.41, 5.74) is 0. The first-order chi connectivity index (χ1) is 7.63. The lowest BCUT2D eigenvalue weighted by atomic mass is 10.1. The summed E-state index contributed by atoms with van der Waals surface area (Å²) in [7, 11) is 4.07. The molecule has 0 aromatic carbocycles. The smallest absolute Gasteiger partial charge is 0.438 e. The molecule has 0 amide bonds. The maximum Gasteiger partial charge on any atom is 0.508 e. The fourth-order valence-electron chi connectivity index (χ4n) is 1.49. The molecule has 0 aromatic rings. The van der Waals surface area contributed by atoms with Gasteiger partial charge in [-0.3, -0.25) is 0 Å². The number of rotatable bonds is 4. The van der Waals surface area contributed by atoms with Gasteiger partial charge in [-0.15, -0.1) is 0 Å². The van der Waals surface area contributed by atoms with E-state index in [1.165, 1.54) is 21.3 Å². The predicted octanol–water partition coefficient (Wildman–Crippen LogP) is -0.483. The van der Waals surface area contributed by atoms with Crippen LogP contribution in [0.3, 0.4) is 0 Å². The quantitative estimate of drug-likeness (QED) is 0.660. The van der Waals surface area contributed by atoms with Crippen molar-refractivity contribution in [2.24, 2.45) is 0 Å². The van der Waals surface area contributed by atoms with Crippen LogP contribution < -0.4 is 0 Å². The number of aliphatic hydroxyl groups excluding tert-OH is 1. The molecule has 1 N–H and O–H groups in total. The Bertz CT molecular complexity index is 232. The van der Waals surface area contributed by atoms with Crippen molar-refractivity contribution < 1.29 is 33.6 Å². The number of hydrogen-bond acceptors (Lipinski definition) is 7. The molecule has 2 unspecified atom stereocenters. The van der Waals surface area contributed by atoms with Crippen LogP contribution in [0.15, 0.2) is 0 Å². The third kappa shape index (κ3) is 2.82. The Morgan fingerprint density at radius 2 is 2.00 bits per heavy atom. The van der Waals surface area contributed by atoms with Crippen LogP contribution in [0.1, 0.15) is 0 Å². The van der Waals surface area contributed by atoms with Crippen LogP contribution in [0.25, 0.3) is 0 Å². The molecule has 1 aliphatic rings. The second-order valence-electron chi connectivity index (χ2n) is 3.23. The summed E-state index contributed by atoms with van der Waals surface area (Å²) in [5.74, 6) is 0. The number of carbonyl (C=O) groups is 1. The standard InChI is InChI=1S/C9H16O7/c1-12-7-6(10)5(16-8(7)13-2)4-15-9(11)14-3/h5-8,10H,4H2,1-3H3/t5-,6?,7?,8-/m1/s1. The predicted molar refractivity (Wildman–Crippen MR) is 50.8 cm³/mol. The minimum atomic E-state index is -0.917. The molecule has 0 saturated carbocycles. The first kappa shape index (κ1) is 13.2. The second kappa shape index (κ2) is 6.00. The fraction of sp³-hybridized carbons (Fsp3) is 0.889. The highest BCUT2D eigenvalue weighted by Gasteiger charge is 2.44. The number of aliphatic hydroxyl groups is 1. The largest absolute Gasteiger partial charge is 0.508 e. The van der Waals surface area contributed by atoms with Gasteiger partial charge >= 0.3 is 6.16 Å². The maximum absolute atomic E-state index is 10.7. The van der Waals surface area contributed by atoms with E-state index in [0.717, 1.165) is 0 Å².